The van der Waals surface area contributed by atoms with Crippen LogP contribution in [0.2, 0.25) is 0 Å². The smallest absolute Gasteiger partial charge is 0.262 e. The normalized spacial score (nSPS) is 13.9. The molecule has 0 aliphatic carbocycles. The van der Waals surface area contributed by atoms with E-state index in [1.807, 2.05) is 13.0 Å². The van der Waals surface area contributed by atoms with Crippen molar-refractivity contribution in [1.29, 1.82) is 0 Å². The van der Waals surface area contributed by atoms with Crippen LogP contribution in [-0.2, 0) is 4.79 Å². The average molecular weight is 251 g/mol. The first-order chi connectivity index (χ1) is 8.32. The maximum atomic E-state index is 11.7. The third-order valence-electron chi connectivity index (χ3n) is 2.77. The van der Waals surface area contributed by atoms with Crippen molar-refractivity contribution >= 4 is 5.91 Å². The third-order valence-corrected chi connectivity index (χ3v) is 2.77. The van der Waals surface area contributed by atoms with Crippen molar-refractivity contribution in [1.82, 2.24) is 4.90 Å². The number of amides is 1. The number of hydrogen-bond donors (Lipinski definition) is 1. The Hall–Kier alpha value is -1.55. The fourth-order valence-corrected chi connectivity index (χ4v) is 1.67. The van der Waals surface area contributed by atoms with Crippen LogP contribution in [0.3, 0.4) is 0 Å². The van der Waals surface area contributed by atoms with Crippen LogP contribution in [0.1, 0.15) is 31.1 Å². The first-order valence-corrected chi connectivity index (χ1v) is 5.99. The summed E-state index contributed by atoms with van der Waals surface area (Å²) in [7, 11) is 3.40. The predicted octanol–water partition coefficient (Wildman–Crippen LogP) is 1.90. The molecular weight excluding hydrogens is 230 g/mol. The SMILES string of the molecule is Cc1cc(C(C)O)ccc1OC(C)C(=O)N(C)C. The van der Waals surface area contributed by atoms with E-state index in [-0.39, 0.29) is 5.91 Å². The van der Waals surface area contributed by atoms with Crippen LogP contribution in [0.15, 0.2) is 18.2 Å². The van der Waals surface area contributed by atoms with Gasteiger partial charge in [-0.15, -0.1) is 0 Å². The summed E-state index contributed by atoms with van der Waals surface area (Å²) in [4.78, 5) is 13.2. The number of hydrogen-bond acceptors (Lipinski definition) is 3. The second kappa shape index (κ2) is 5.87. The second-order valence-corrected chi connectivity index (χ2v) is 4.69. The summed E-state index contributed by atoms with van der Waals surface area (Å²) in [6.45, 7) is 5.34. The monoisotopic (exact) mass is 251 g/mol. The zero-order valence-electron chi connectivity index (χ0n) is 11.6. The van der Waals surface area contributed by atoms with E-state index in [9.17, 15) is 9.90 Å². The van der Waals surface area contributed by atoms with E-state index < -0.39 is 12.2 Å². The minimum atomic E-state index is -0.518. The Morgan fingerprint density at radius 2 is 1.94 bits per heavy atom. The number of carbonyl (C=O) groups is 1. The van der Waals surface area contributed by atoms with Crippen molar-refractivity contribution < 1.29 is 14.6 Å². The minimum absolute atomic E-state index is 0.0750. The second-order valence-electron chi connectivity index (χ2n) is 4.69. The summed E-state index contributed by atoms with van der Waals surface area (Å²) in [5.74, 6) is 0.594. The van der Waals surface area contributed by atoms with Crippen molar-refractivity contribution in [3.05, 3.63) is 29.3 Å². The van der Waals surface area contributed by atoms with Crippen molar-refractivity contribution in [2.45, 2.75) is 33.0 Å². The fourth-order valence-electron chi connectivity index (χ4n) is 1.67. The molecule has 0 aliphatic heterocycles. The molecule has 0 fully saturated rings. The molecule has 4 nitrogen and oxygen atoms in total. The molecule has 18 heavy (non-hydrogen) atoms. The quantitative estimate of drug-likeness (QED) is 0.889. The lowest BCUT2D eigenvalue weighted by molar-refractivity contribution is -0.135. The number of aliphatic hydroxyl groups is 1. The van der Waals surface area contributed by atoms with Gasteiger partial charge in [-0.1, -0.05) is 6.07 Å². The Balaban J connectivity index is 2.83. The van der Waals surface area contributed by atoms with Crippen LogP contribution < -0.4 is 4.74 Å². The molecule has 0 aliphatic rings. The van der Waals surface area contributed by atoms with E-state index in [2.05, 4.69) is 0 Å². The van der Waals surface area contributed by atoms with Crippen molar-refractivity contribution in [3.8, 4) is 5.75 Å². The van der Waals surface area contributed by atoms with Crippen LogP contribution in [0.5, 0.6) is 5.75 Å². The molecule has 100 valence electrons. The first-order valence-electron chi connectivity index (χ1n) is 5.99. The van der Waals surface area contributed by atoms with Crippen LogP contribution in [0.25, 0.3) is 0 Å². The summed E-state index contributed by atoms with van der Waals surface area (Å²) in [6, 6.07) is 5.46. The van der Waals surface area contributed by atoms with Crippen LogP contribution in [-0.4, -0.2) is 36.1 Å². The highest BCUT2D eigenvalue weighted by Gasteiger charge is 2.17. The molecule has 0 spiro atoms. The van der Waals surface area contributed by atoms with E-state index in [1.165, 1.54) is 4.90 Å². The van der Waals surface area contributed by atoms with Gasteiger partial charge in [-0.2, -0.15) is 0 Å². The highest BCUT2D eigenvalue weighted by Crippen LogP contribution is 2.23. The Morgan fingerprint density at radius 3 is 2.39 bits per heavy atom. The molecule has 2 unspecified atom stereocenters. The third kappa shape index (κ3) is 3.47. The first kappa shape index (κ1) is 14.5. The maximum absolute atomic E-state index is 11.7. The number of benzene rings is 1. The lowest BCUT2D eigenvalue weighted by Gasteiger charge is -2.20. The highest BCUT2D eigenvalue weighted by molar-refractivity contribution is 5.80. The Labute approximate surface area is 108 Å². The Bertz CT molecular complexity index is 427. The summed E-state index contributed by atoms with van der Waals surface area (Å²) in [5, 5.41) is 9.48. The van der Waals surface area contributed by atoms with E-state index in [0.29, 0.717) is 5.75 Å². The van der Waals surface area contributed by atoms with Crippen molar-refractivity contribution in [2.24, 2.45) is 0 Å². The average Bonchev–Trinajstić information content (AvgIpc) is 2.30. The van der Waals surface area contributed by atoms with Gasteiger partial charge in [0.15, 0.2) is 6.10 Å². The minimum Gasteiger partial charge on any atom is -0.481 e. The number of aryl methyl sites for hydroxylation is 1. The summed E-state index contributed by atoms with van der Waals surface area (Å²) in [6.07, 6.45) is -1.02. The molecule has 0 saturated carbocycles. The largest absolute Gasteiger partial charge is 0.481 e. The van der Waals surface area contributed by atoms with Gasteiger partial charge in [0.1, 0.15) is 5.75 Å². The molecule has 0 aromatic heterocycles. The highest BCUT2D eigenvalue weighted by atomic mass is 16.5. The van der Waals surface area contributed by atoms with Crippen LogP contribution in [0.4, 0.5) is 0 Å². The van der Waals surface area contributed by atoms with E-state index >= 15 is 0 Å². The number of nitrogens with zero attached hydrogens (tertiary/aromatic N) is 1. The number of aliphatic hydroxyl groups excluding tert-OH is 1. The van der Waals surface area contributed by atoms with Gasteiger partial charge in [-0.05, 0) is 44.0 Å². The van der Waals surface area contributed by atoms with Gasteiger partial charge >= 0.3 is 0 Å². The molecule has 1 aromatic rings. The molecule has 2 atom stereocenters. The van der Waals surface area contributed by atoms with E-state index in [1.54, 1.807) is 40.1 Å². The lowest BCUT2D eigenvalue weighted by Crippen LogP contribution is -2.35. The fraction of sp³-hybridized carbons (Fsp3) is 0.500. The van der Waals surface area contributed by atoms with Gasteiger partial charge in [0.2, 0.25) is 0 Å². The van der Waals surface area contributed by atoms with Gasteiger partial charge in [0, 0.05) is 14.1 Å². The van der Waals surface area contributed by atoms with Crippen molar-refractivity contribution in [3.63, 3.8) is 0 Å². The standard InChI is InChI=1S/C14H21NO3/c1-9-8-12(10(2)16)6-7-13(9)18-11(3)14(17)15(4)5/h6-8,10-11,16H,1-5H3. The molecule has 0 saturated heterocycles. The van der Waals surface area contributed by atoms with Gasteiger partial charge in [-0.3, -0.25) is 4.79 Å². The number of ether oxygens (including phenoxy) is 1. The molecule has 1 rings (SSSR count). The molecule has 1 amide bonds. The summed E-state index contributed by atoms with van der Waals surface area (Å²) < 4.78 is 5.63. The van der Waals surface area contributed by atoms with Crippen molar-refractivity contribution in [2.75, 3.05) is 14.1 Å². The predicted molar refractivity (Wildman–Crippen MR) is 70.6 cm³/mol. The zero-order chi connectivity index (χ0) is 13.9. The molecule has 1 N–H and O–H groups in total. The van der Waals surface area contributed by atoms with Crippen LogP contribution >= 0.6 is 0 Å². The Kier molecular flexibility index (Phi) is 4.73. The van der Waals surface area contributed by atoms with E-state index in [0.717, 1.165) is 11.1 Å². The number of carbonyl (C=O) groups excluding carboxylic acids is 1. The summed E-state index contributed by atoms with van der Waals surface area (Å²) >= 11 is 0. The molecule has 0 heterocycles. The molecule has 1 aromatic carbocycles. The number of rotatable bonds is 4. The summed E-state index contributed by atoms with van der Waals surface area (Å²) in [5.41, 5.74) is 1.75. The molecular formula is C14H21NO3. The Morgan fingerprint density at radius 1 is 1.33 bits per heavy atom. The zero-order valence-corrected chi connectivity index (χ0v) is 11.6. The molecule has 0 bridgehead atoms. The lowest BCUT2D eigenvalue weighted by atomic mass is 10.1. The van der Waals surface area contributed by atoms with Gasteiger partial charge < -0.3 is 14.7 Å². The topological polar surface area (TPSA) is 49.8 Å². The number of likely N-dealkylation sites (N-methyl/N-ethyl adjacent to an activating group) is 1. The van der Waals surface area contributed by atoms with Gasteiger partial charge in [0.05, 0.1) is 6.10 Å². The molecule has 4 heteroatoms. The van der Waals surface area contributed by atoms with Gasteiger partial charge in [0.25, 0.3) is 5.91 Å². The van der Waals surface area contributed by atoms with Crippen LogP contribution in [0, 0.1) is 6.92 Å². The molecule has 0 radical (unpaired) electrons. The van der Waals surface area contributed by atoms with E-state index in [4.69, 9.17) is 4.74 Å². The maximum Gasteiger partial charge on any atom is 0.262 e. The van der Waals surface area contributed by atoms with Gasteiger partial charge in [-0.25, -0.2) is 0 Å².